The largest absolute Gasteiger partial charge is 0.333 e. The molecule has 1 N–H and O–H groups in total. The molecule has 1 unspecified atom stereocenters. The molecule has 1 aromatic rings. The lowest BCUT2D eigenvalue weighted by atomic mass is 9.59. The number of nitrogens with one attached hydrogen (secondary N) is 1. The number of aromatic nitrogens is 2. The Kier molecular flexibility index (Phi) is 3.59. The molecule has 1 aliphatic carbocycles. The fourth-order valence-electron chi connectivity index (χ4n) is 3.44. The Labute approximate surface area is 122 Å². The summed E-state index contributed by atoms with van der Waals surface area (Å²) in [6.45, 7) is 1.06. The van der Waals surface area contributed by atoms with E-state index in [9.17, 15) is 13.6 Å². The second kappa shape index (κ2) is 5.27. The minimum atomic E-state index is -2.69. The molecule has 1 spiro atoms. The van der Waals surface area contributed by atoms with Gasteiger partial charge >= 0.3 is 12.6 Å². The summed E-state index contributed by atoms with van der Waals surface area (Å²) in [5.41, 5.74) is 0.588. The number of anilines is 1. The molecule has 2 amide bonds. The van der Waals surface area contributed by atoms with Gasteiger partial charge in [0.05, 0.1) is 18.1 Å². The van der Waals surface area contributed by atoms with E-state index >= 15 is 0 Å². The zero-order valence-electron chi connectivity index (χ0n) is 12.1. The van der Waals surface area contributed by atoms with Crippen LogP contribution in [0.15, 0.2) is 12.4 Å². The van der Waals surface area contributed by atoms with Crippen LogP contribution >= 0.6 is 0 Å². The van der Waals surface area contributed by atoms with Gasteiger partial charge in [-0.25, -0.2) is 9.48 Å². The Morgan fingerprint density at radius 3 is 2.86 bits per heavy atom. The van der Waals surface area contributed by atoms with Gasteiger partial charge in [-0.1, -0.05) is 13.3 Å². The van der Waals surface area contributed by atoms with Crippen molar-refractivity contribution < 1.29 is 13.6 Å². The maximum Gasteiger partial charge on any atom is 0.333 e. The Morgan fingerprint density at radius 1 is 1.52 bits per heavy atom. The predicted molar refractivity (Wildman–Crippen MR) is 74.1 cm³/mol. The highest BCUT2D eigenvalue weighted by atomic mass is 19.3. The molecular formula is C14H20F2N4O. The van der Waals surface area contributed by atoms with Gasteiger partial charge in [-0.3, -0.25) is 0 Å². The molecule has 2 fully saturated rings. The summed E-state index contributed by atoms with van der Waals surface area (Å²) in [5, 5.41) is 6.17. The summed E-state index contributed by atoms with van der Waals surface area (Å²) in [4.78, 5) is 14.1. The third-order valence-corrected chi connectivity index (χ3v) is 5.07. The molecule has 0 bridgehead atoms. The summed E-state index contributed by atoms with van der Waals surface area (Å²) >= 11 is 0. The first kappa shape index (κ1) is 14.3. The van der Waals surface area contributed by atoms with Crippen molar-refractivity contribution in [1.82, 2.24) is 14.7 Å². The van der Waals surface area contributed by atoms with E-state index in [2.05, 4.69) is 17.3 Å². The molecule has 0 radical (unpaired) electrons. The highest BCUT2D eigenvalue weighted by molar-refractivity contribution is 5.89. The second-order valence-corrected chi connectivity index (χ2v) is 6.24. The van der Waals surface area contributed by atoms with E-state index < -0.39 is 6.55 Å². The van der Waals surface area contributed by atoms with Crippen LogP contribution < -0.4 is 5.32 Å². The van der Waals surface area contributed by atoms with E-state index in [0.717, 1.165) is 25.7 Å². The van der Waals surface area contributed by atoms with Crippen molar-refractivity contribution in [2.75, 3.05) is 18.4 Å². The number of halogens is 2. The number of nitrogens with zero attached hydrogens (tertiary/aromatic N) is 3. The number of hydrogen-bond donors (Lipinski definition) is 1. The number of piperidine rings is 1. The van der Waals surface area contributed by atoms with Crippen LogP contribution in [0.1, 0.15) is 39.2 Å². The fraction of sp³-hybridized carbons (Fsp3) is 0.714. The van der Waals surface area contributed by atoms with E-state index in [1.807, 2.05) is 0 Å². The van der Waals surface area contributed by atoms with Crippen molar-refractivity contribution in [3.8, 4) is 0 Å². The van der Waals surface area contributed by atoms with E-state index in [1.165, 1.54) is 25.5 Å². The minimum absolute atomic E-state index is 0.220. The van der Waals surface area contributed by atoms with Crippen LogP contribution in [0.25, 0.3) is 0 Å². The lowest BCUT2D eigenvalue weighted by Gasteiger charge is -2.52. The van der Waals surface area contributed by atoms with Crippen LogP contribution in [0.3, 0.4) is 0 Å². The number of amides is 2. The van der Waals surface area contributed by atoms with Crippen LogP contribution in [-0.2, 0) is 0 Å². The summed E-state index contributed by atoms with van der Waals surface area (Å²) in [6, 6.07) is -0.220. The van der Waals surface area contributed by atoms with Gasteiger partial charge in [0.25, 0.3) is 0 Å². The topological polar surface area (TPSA) is 50.2 Å². The monoisotopic (exact) mass is 298 g/mol. The number of rotatable bonds is 2. The number of hydrogen-bond acceptors (Lipinski definition) is 2. The van der Waals surface area contributed by atoms with Crippen molar-refractivity contribution >= 4 is 11.7 Å². The molecule has 2 heterocycles. The molecule has 3 rings (SSSR count). The molecule has 1 saturated carbocycles. The molecule has 1 aromatic heterocycles. The molecule has 21 heavy (non-hydrogen) atoms. The zero-order valence-corrected chi connectivity index (χ0v) is 12.1. The van der Waals surface area contributed by atoms with Crippen molar-refractivity contribution in [1.29, 1.82) is 0 Å². The van der Waals surface area contributed by atoms with Crippen molar-refractivity contribution in [3.63, 3.8) is 0 Å². The average Bonchev–Trinajstić information content (AvgIpc) is 2.86. The standard InChI is InChI=1S/C14H20F2N4O/c1-10-3-6-19(9-14(10)4-2-5-14)13(21)18-11-7-17-20(8-11)12(15)16/h7-8,10,12H,2-6,9H2,1H3,(H,18,21). The van der Waals surface area contributed by atoms with Gasteiger partial charge in [0.2, 0.25) is 0 Å². The van der Waals surface area contributed by atoms with Gasteiger partial charge in [-0.05, 0) is 30.6 Å². The smallest absolute Gasteiger partial charge is 0.324 e. The average molecular weight is 298 g/mol. The Hall–Kier alpha value is -1.66. The lowest BCUT2D eigenvalue weighted by Crippen LogP contribution is -2.54. The van der Waals surface area contributed by atoms with Gasteiger partial charge in [-0.2, -0.15) is 13.9 Å². The first-order valence-electron chi connectivity index (χ1n) is 7.38. The van der Waals surface area contributed by atoms with Gasteiger partial charge in [0.15, 0.2) is 0 Å². The third kappa shape index (κ3) is 2.61. The van der Waals surface area contributed by atoms with E-state index in [-0.39, 0.29) is 11.4 Å². The number of urea groups is 1. The Morgan fingerprint density at radius 2 is 2.29 bits per heavy atom. The lowest BCUT2D eigenvalue weighted by molar-refractivity contribution is -0.0108. The van der Waals surface area contributed by atoms with Crippen molar-refractivity contribution in [3.05, 3.63) is 12.4 Å². The highest BCUT2D eigenvalue weighted by Gasteiger charge is 2.46. The minimum Gasteiger partial charge on any atom is -0.324 e. The van der Waals surface area contributed by atoms with Gasteiger partial charge in [0.1, 0.15) is 0 Å². The maximum absolute atomic E-state index is 12.4. The Bertz CT molecular complexity index is 527. The third-order valence-electron chi connectivity index (χ3n) is 5.07. The quantitative estimate of drug-likeness (QED) is 0.910. The normalized spacial score (nSPS) is 24.2. The molecule has 1 aliphatic heterocycles. The van der Waals surface area contributed by atoms with Crippen LogP contribution in [0.5, 0.6) is 0 Å². The number of carbonyl (C=O) groups excluding carboxylic acids is 1. The van der Waals surface area contributed by atoms with Crippen molar-refractivity contribution in [2.45, 2.75) is 39.2 Å². The van der Waals surface area contributed by atoms with E-state index in [4.69, 9.17) is 0 Å². The van der Waals surface area contributed by atoms with Crippen LogP contribution in [-0.4, -0.2) is 33.8 Å². The molecule has 7 heteroatoms. The summed E-state index contributed by atoms with van der Waals surface area (Å²) < 4.78 is 25.4. The SMILES string of the molecule is CC1CCN(C(=O)Nc2cnn(C(F)F)c2)CC12CCC2. The van der Waals surface area contributed by atoms with Crippen molar-refractivity contribution in [2.24, 2.45) is 11.3 Å². The predicted octanol–water partition coefficient (Wildman–Crippen LogP) is 3.32. The first-order chi connectivity index (χ1) is 10.00. The van der Waals surface area contributed by atoms with Crippen LogP contribution in [0.2, 0.25) is 0 Å². The summed E-state index contributed by atoms with van der Waals surface area (Å²) in [5.74, 6) is 0.650. The van der Waals surface area contributed by atoms with E-state index in [1.54, 1.807) is 4.90 Å². The molecule has 0 aromatic carbocycles. The van der Waals surface area contributed by atoms with E-state index in [0.29, 0.717) is 16.3 Å². The van der Waals surface area contributed by atoms with Gasteiger partial charge in [-0.15, -0.1) is 0 Å². The molecule has 2 aliphatic rings. The summed E-state index contributed by atoms with van der Waals surface area (Å²) in [7, 11) is 0. The highest BCUT2D eigenvalue weighted by Crippen LogP contribution is 2.50. The van der Waals surface area contributed by atoms with Gasteiger partial charge in [0, 0.05) is 13.1 Å². The van der Waals surface area contributed by atoms with Crippen LogP contribution in [0, 0.1) is 11.3 Å². The molecule has 5 nitrogen and oxygen atoms in total. The first-order valence-corrected chi connectivity index (χ1v) is 7.38. The molecule has 1 atom stereocenters. The molecule has 116 valence electrons. The molecular weight excluding hydrogens is 278 g/mol. The second-order valence-electron chi connectivity index (χ2n) is 6.24. The van der Waals surface area contributed by atoms with Gasteiger partial charge < -0.3 is 10.2 Å². The number of alkyl halides is 2. The molecule has 1 saturated heterocycles. The zero-order chi connectivity index (χ0) is 15.0. The number of carbonyl (C=O) groups is 1. The maximum atomic E-state index is 12.4. The number of likely N-dealkylation sites (tertiary alicyclic amines) is 1. The van der Waals surface area contributed by atoms with Crippen LogP contribution in [0.4, 0.5) is 19.3 Å². The summed E-state index contributed by atoms with van der Waals surface area (Å²) in [6.07, 6.45) is 7.00. The fourth-order valence-corrected chi connectivity index (χ4v) is 3.44. The Balaban J connectivity index is 1.62.